The van der Waals surface area contributed by atoms with Gasteiger partial charge in [0.2, 0.25) is 0 Å². The van der Waals surface area contributed by atoms with Crippen molar-refractivity contribution in [3.63, 3.8) is 0 Å². The molecule has 1 N–H and O–H groups in total. The second-order valence-electron chi connectivity index (χ2n) is 5.19. The Bertz CT molecular complexity index is 146. The fraction of sp³-hybridized carbons (Fsp3) is 1.00. The molecule has 2 heteroatoms. The van der Waals surface area contributed by atoms with Crippen LogP contribution in [0.25, 0.3) is 0 Å². The highest BCUT2D eigenvalue weighted by atomic mass is 15.1. The van der Waals surface area contributed by atoms with Gasteiger partial charge in [-0.1, -0.05) is 33.1 Å². The van der Waals surface area contributed by atoms with Crippen molar-refractivity contribution in [1.29, 1.82) is 0 Å². The van der Waals surface area contributed by atoms with E-state index in [0.717, 1.165) is 19.0 Å². The summed E-state index contributed by atoms with van der Waals surface area (Å²) in [6.45, 7) is 12.5. The minimum Gasteiger partial charge on any atom is -0.315 e. The van der Waals surface area contributed by atoms with Gasteiger partial charge in [-0.15, -0.1) is 0 Å². The third-order valence-corrected chi connectivity index (χ3v) is 3.50. The van der Waals surface area contributed by atoms with Gasteiger partial charge >= 0.3 is 0 Å². The van der Waals surface area contributed by atoms with Gasteiger partial charge in [0.15, 0.2) is 0 Å². The van der Waals surface area contributed by atoms with Crippen molar-refractivity contribution in [2.24, 2.45) is 5.92 Å². The standard InChI is InChI=1S/C14H32N2/c1-6-8-9-14(7-2)12-15-10-11-16(5)13(3)4/h13-15H,6-12H2,1-5H3. The molecule has 0 rings (SSSR count). The highest BCUT2D eigenvalue weighted by Crippen LogP contribution is 2.10. The van der Waals surface area contributed by atoms with Crippen LogP contribution in [0, 0.1) is 5.92 Å². The van der Waals surface area contributed by atoms with Crippen molar-refractivity contribution in [1.82, 2.24) is 10.2 Å². The molecule has 0 saturated heterocycles. The van der Waals surface area contributed by atoms with E-state index in [0.29, 0.717) is 6.04 Å². The van der Waals surface area contributed by atoms with Crippen LogP contribution in [0.1, 0.15) is 53.4 Å². The van der Waals surface area contributed by atoms with Crippen molar-refractivity contribution >= 4 is 0 Å². The SMILES string of the molecule is CCCCC(CC)CNCCN(C)C(C)C. The maximum atomic E-state index is 3.59. The van der Waals surface area contributed by atoms with E-state index in [2.05, 4.69) is 45.0 Å². The molecule has 0 bridgehead atoms. The summed E-state index contributed by atoms with van der Waals surface area (Å²) in [6, 6.07) is 0.656. The minimum absolute atomic E-state index is 0.656. The number of nitrogens with one attached hydrogen (secondary N) is 1. The largest absolute Gasteiger partial charge is 0.315 e. The zero-order valence-electron chi connectivity index (χ0n) is 12.1. The van der Waals surface area contributed by atoms with E-state index in [-0.39, 0.29) is 0 Å². The molecule has 0 aliphatic carbocycles. The Hall–Kier alpha value is -0.0800. The summed E-state index contributed by atoms with van der Waals surface area (Å²) in [4.78, 5) is 2.39. The van der Waals surface area contributed by atoms with Crippen LogP contribution in [-0.4, -0.2) is 37.6 Å². The van der Waals surface area contributed by atoms with Crippen LogP contribution >= 0.6 is 0 Å². The molecular weight excluding hydrogens is 196 g/mol. The van der Waals surface area contributed by atoms with Crippen LogP contribution in [0.15, 0.2) is 0 Å². The van der Waals surface area contributed by atoms with E-state index < -0.39 is 0 Å². The first-order valence-electron chi connectivity index (χ1n) is 7.02. The normalized spacial score (nSPS) is 13.7. The van der Waals surface area contributed by atoms with Gasteiger partial charge in [-0.05, 0) is 39.8 Å². The predicted molar refractivity (Wildman–Crippen MR) is 73.9 cm³/mol. The Morgan fingerprint density at radius 2 is 1.88 bits per heavy atom. The Morgan fingerprint density at radius 1 is 1.19 bits per heavy atom. The predicted octanol–water partition coefficient (Wildman–Crippen LogP) is 3.13. The fourth-order valence-electron chi connectivity index (χ4n) is 1.76. The molecule has 0 saturated carbocycles. The van der Waals surface area contributed by atoms with E-state index in [4.69, 9.17) is 0 Å². The second kappa shape index (κ2) is 10.1. The van der Waals surface area contributed by atoms with Crippen LogP contribution in [0.3, 0.4) is 0 Å². The van der Waals surface area contributed by atoms with E-state index in [1.807, 2.05) is 0 Å². The molecule has 0 spiro atoms. The van der Waals surface area contributed by atoms with Crippen molar-refractivity contribution in [3.8, 4) is 0 Å². The van der Waals surface area contributed by atoms with E-state index in [9.17, 15) is 0 Å². The second-order valence-corrected chi connectivity index (χ2v) is 5.19. The van der Waals surface area contributed by atoms with Crippen molar-refractivity contribution in [2.45, 2.75) is 59.4 Å². The molecule has 16 heavy (non-hydrogen) atoms. The average molecular weight is 228 g/mol. The van der Waals surface area contributed by atoms with Gasteiger partial charge in [0.05, 0.1) is 0 Å². The van der Waals surface area contributed by atoms with Crippen molar-refractivity contribution in [3.05, 3.63) is 0 Å². The van der Waals surface area contributed by atoms with E-state index in [1.165, 1.54) is 32.2 Å². The Labute approximate surface area is 103 Å². The number of likely N-dealkylation sites (N-methyl/N-ethyl adjacent to an activating group) is 1. The first-order chi connectivity index (χ1) is 7.61. The van der Waals surface area contributed by atoms with Gasteiger partial charge in [0.1, 0.15) is 0 Å². The summed E-state index contributed by atoms with van der Waals surface area (Å²) < 4.78 is 0. The summed E-state index contributed by atoms with van der Waals surface area (Å²) in [6.07, 6.45) is 5.41. The van der Waals surface area contributed by atoms with E-state index >= 15 is 0 Å². The Kier molecular flexibility index (Phi) is 10.0. The molecule has 0 radical (unpaired) electrons. The zero-order valence-corrected chi connectivity index (χ0v) is 12.1. The smallest absolute Gasteiger partial charge is 0.0106 e. The van der Waals surface area contributed by atoms with Crippen LogP contribution < -0.4 is 5.32 Å². The van der Waals surface area contributed by atoms with Crippen LogP contribution in [0.5, 0.6) is 0 Å². The van der Waals surface area contributed by atoms with Gasteiger partial charge in [-0.25, -0.2) is 0 Å². The maximum absolute atomic E-state index is 3.59. The Balaban J connectivity index is 3.47. The summed E-state index contributed by atoms with van der Waals surface area (Å²) in [5, 5.41) is 3.59. The summed E-state index contributed by atoms with van der Waals surface area (Å²) in [5.41, 5.74) is 0. The van der Waals surface area contributed by atoms with Gasteiger partial charge < -0.3 is 10.2 Å². The molecule has 0 aliphatic heterocycles. The molecule has 0 fully saturated rings. The molecule has 0 aromatic rings. The van der Waals surface area contributed by atoms with Crippen LogP contribution in [0.4, 0.5) is 0 Å². The fourth-order valence-corrected chi connectivity index (χ4v) is 1.76. The lowest BCUT2D eigenvalue weighted by molar-refractivity contribution is 0.269. The van der Waals surface area contributed by atoms with Gasteiger partial charge in [0, 0.05) is 19.1 Å². The molecule has 0 aromatic carbocycles. The Morgan fingerprint density at radius 3 is 2.38 bits per heavy atom. The highest BCUT2D eigenvalue weighted by Gasteiger charge is 2.06. The van der Waals surface area contributed by atoms with Gasteiger partial charge in [-0.3, -0.25) is 0 Å². The van der Waals surface area contributed by atoms with Gasteiger partial charge in [0.25, 0.3) is 0 Å². The number of nitrogens with zero attached hydrogens (tertiary/aromatic N) is 1. The number of rotatable bonds is 10. The van der Waals surface area contributed by atoms with Crippen LogP contribution in [0.2, 0.25) is 0 Å². The lowest BCUT2D eigenvalue weighted by atomic mass is 9.99. The first kappa shape index (κ1) is 15.9. The first-order valence-corrected chi connectivity index (χ1v) is 7.02. The molecule has 0 amide bonds. The molecule has 2 nitrogen and oxygen atoms in total. The molecular formula is C14H32N2. The molecule has 1 atom stereocenters. The zero-order chi connectivity index (χ0) is 12.4. The average Bonchev–Trinajstić information content (AvgIpc) is 2.27. The molecule has 98 valence electrons. The van der Waals surface area contributed by atoms with Gasteiger partial charge in [-0.2, -0.15) is 0 Å². The topological polar surface area (TPSA) is 15.3 Å². The quantitative estimate of drug-likeness (QED) is 0.578. The molecule has 0 aliphatic rings. The third-order valence-electron chi connectivity index (χ3n) is 3.50. The van der Waals surface area contributed by atoms with Crippen molar-refractivity contribution < 1.29 is 0 Å². The minimum atomic E-state index is 0.656. The van der Waals surface area contributed by atoms with Crippen molar-refractivity contribution in [2.75, 3.05) is 26.7 Å². The molecule has 0 heterocycles. The lowest BCUT2D eigenvalue weighted by Crippen LogP contribution is -2.35. The molecule has 0 aromatic heterocycles. The third kappa shape index (κ3) is 8.12. The lowest BCUT2D eigenvalue weighted by Gasteiger charge is -2.22. The molecule has 1 unspecified atom stereocenters. The number of hydrogen-bond acceptors (Lipinski definition) is 2. The maximum Gasteiger partial charge on any atom is 0.0106 e. The highest BCUT2D eigenvalue weighted by molar-refractivity contribution is 4.63. The number of hydrogen-bond donors (Lipinski definition) is 1. The monoisotopic (exact) mass is 228 g/mol. The summed E-state index contributed by atoms with van der Waals surface area (Å²) in [7, 11) is 2.20. The van der Waals surface area contributed by atoms with E-state index in [1.54, 1.807) is 0 Å². The summed E-state index contributed by atoms with van der Waals surface area (Å²) in [5.74, 6) is 0.879. The summed E-state index contributed by atoms with van der Waals surface area (Å²) >= 11 is 0. The van der Waals surface area contributed by atoms with Crippen LogP contribution in [-0.2, 0) is 0 Å². The number of unbranched alkanes of at least 4 members (excludes halogenated alkanes) is 1.